The Morgan fingerprint density at radius 2 is 1.94 bits per heavy atom. The van der Waals surface area contributed by atoms with Crippen molar-refractivity contribution in [3.63, 3.8) is 0 Å². The molecule has 0 spiro atoms. The molecule has 0 aliphatic heterocycles. The number of benzene rings is 1. The van der Waals surface area contributed by atoms with Crippen LogP contribution in [-0.4, -0.2) is 25.2 Å². The number of hydrogen-bond donors (Lipinski definition) is 0. The molecule has 2 atom stereocenters. The van der Waals surface area contributed by atoms with Crippen LogP contribution in [-0.2, 0) is 24.5 Å². The molecule has 0 N–H and O–H groups in total. The van der Waals surface area contributed by atoms with E-state index in [9.17, 15) is 9.59 Å². The second-order valence-electron chi connectivity index (χ2n) is 4.27. The third-order valence-corrected chi connectivity index (χ3v) is 3.37. The van der Waals surface area contributed by atoms with Gasteiger partial charge < -0.3 is 9.47 Å². The third-order valence-electron chi connectivity index (χ3n) is 3.11. The summed E-state index contributed by atoms with van der Waals surface area (Å²) >= 11 is 5.81. The summed E-state index contributed by atoms with van der Waals surface area (Å²) < 4.78 is 9.92. The molecule has 18 heavy (non-hydrogen) atoms. The molecule has 0 heterocycles. The van der Waals surface area contributed by atoms with Crippen molar-refractivity contribution >= 4 is 23.5 Å². The van der Waals surface area contributed by atoms with Gasteiger partial charge in [-0.15, -0.1) is 0 Å². The van der Waals surface area contributed by atoms with Crippen molar-refractivity contribution in [1.82, 2.24) is 0 Å². The quantitative estimate of drug-likeness (QED) is 0.788. The topological polar surface area (TPSA) is 52.6 Å². The van der Waals surface area contributed by atoms with E-state index in [4.69, 9.17) is 21.1 Å². The number of rotatable bonds is 3. The predicted molar refractivity (Wildman–Crippen MR) is 65.3 cm³/mol. The lowest BCUT2D eigenvalue weighted by molar-refractivity contribution is -0.148. The molecular formula is C13H13ClO4. The molecule has 0 bridgehead atoms. The fourth-order valence-corrected chi connectivity index (χ4v) is 2.27. The molecule has 5 heteroatoms. The van der Waals surface area contributed by atoms with Crippen LogP contribution in [0.15, 0.2) is 24.3 Å². The first kappa shape index (κ1) is 12.9. The normalized spacial score (nSPS) is 25.4. The Hall–Kier alpha value is -1.55. The number of esters is 2. The number of carbonyl (C=O) groups excluding carboxylic acids is 2. The average Bonchev–Trinajstić information content (AvgIpc) is 3.03. The van der Waals surface area contributed by atoms with Gasteiger partial charge >= 0.3 is 11.9 Å². The van der Waals surface area contributed by atoms with Crippen LogP contribution in [0.3, 0.4) is 0 Å². The van der Waals surface area contributed by atoms with Crippen LogP contribution < -0.4 is 0 Å². The Morgan fingerprint density at radius 3 is 2.44 bits per heavy atom. The summed E-state index contributed by atoms with van der Waals surface area (Å²) in [4.78, 5) is 22.9. The lowest BCUT2D eigenvalue weighted by atomic mass is 9.95. The Kier molecular flexibility index (Phi) is 3.30. The van der Waals surface area contributed by atoms with Crippen molar-refractivity contribution < 1.29 is 19.1 Å². The van der Waals surface area contributed by atoms with Crippen molar-refractivity contribution in [2.24, 2.45) is 0 Å². The molecule has 0 aromatic heterocycles. The molecule has 0 saturated heterocycles. The molecule has 1 aliphatic carbocycles. The molecule has 0 amide bonds. The van der Waals surface area contributed by atoms with Crippen molar-refractivity contribution in [1.29, 1.82) is 0 Å². The maximum absolute atomic E-state index is 11.9. The van der Waals surface area contributed by atoms with Crippen LogP contribution in [0.25, 0.3) is 0 Å². The largest absolute Gasteiger partial charge is 0.468 e. The van der Waals surface area contributed by atoms with Gasteiger partial charge in [0.05, 0.1) is 7.11 Å². The van der Waals surface area contributed by atoms with E-state index in [0.717, 1.165) is 5.56 Å². The van der Waals surface area contributed by atoms with Crippen LogP contribution in [0.5, 0.6) is 0 Å². The summed E-state index contributed by atoms with van der Waals surface area (Å²) in [7, 11) is 1.32. The monoisotopic (exact) mass is 268 g/mol. The fourth-order valence-electron chi connectivity index (χ4n) is 2.14. The lowest BCUT2D eigenvalue weighted by Crippen LogP contribution is -2.27. The van der Waals surface area contributed by atoms with Gasteiger partial charge in [-0.05, 0) is 17.7 Å². The zero-order valence-electron chi connectivity index (χ0n) is 10.1. The number of halogens is 1. The first-order valence-corrected chi connectivity index (χ1v) is 5.90. The summed E-state index contributed by atoms with van der Waals surface area (Å²) in [6, 6.07) is 6.90. The second kappa shape index (κ2) is 4.61. The standard InChI is InChI=1S/C13H13ClO4/c1-8(15)18-11-7-13(11,12(16)17-2)9-3-5-10(14)6-4-9/h3-6,11H,7H2,1-2H3/t11-,13+/m0/s1. The molecule has 1 aliphatic rings. The molecule has 0 radical (unpaired) electrons. The van der Waals surface area contributed by atoms with E-state index >= 15 is 0 Å². The van der Waals surface area contributed by atoms with Gasteiger partial charge in [0.25, 0.3) is 0 Å². The van der Waals surface area contributed by atoms with Crippen molar-refractivity contribution in [3.05, 3.63) is 34.9 Å². The van der Waals surface area contributed by atoms with Gasteiger partial charge in [0.1, 0.15) is 11.5 Å². The third kappa shape index (κ3) is 2.08. The minimum Gasteiger partial charge on any atom is -0.468 e. The summed E-state index contributed by atoms with van der Waals surface area (Å²) in [5.74, 6) is -0.796. The maximum atomic E-state index is 11.9. The zero-order chi connectivity index (χ0) is 13.3. The summed E-state index contributed by atoms with van der Waals surface area (Å²) in [5, 5.41) is 0.587. The van der Waals surface area contributed by atoms with Crippen LogP contribution >= 0.6 is 11.6 Å². The van der Waals surface area contributed by atoms with Gasteiger partial charge in [0.15, 0.2) is 0 Å². The highest BCUT2D eigenvalue weighted by Gasteiger charge is 2.65. The average molecular weight is 269 g/mol. The number of hydrogen-bond acceptors (Lipinski definition) is 4. The number of carbonyl (C=O) groups is 2. The highest BCUT2D eigenvalue weighted by molar-refractivity contribution is 6.30. The van der Waals surface area contributed by atoms with Crippen molar-refractivity contribution in [2.75, 3.05) is 7.11 Å². The Bertz CT molecular complexity index is 482. The van der Waals surface area contributed by atoms with Crippen LogP contribution in [0.2, 0.25) is 5.02 Å². The van der Waals surface area contributed by atoms with E-state index in [1.807, 2.05) is 0 Å². The van der Waals surface area contributed by atoms with Crippen LogP contribution in [0.4, 0.5) is 0 Å². The highest BCUT2D eigenvalue weighted by Crippen LogP contribution is 2.51. The molecule has 1 aromatic carbocycles. The molecule has 96 valence electrons. The minimum atomic E-state index is -0.870. The first-order valence-electron chi connectivity index (χ1n) is 5.52. The molecule has 2 rings (SSSR count). The van der Waals surface area contributed by atoms with Gasteiger partial charge in [-0.25, -0.2) is 0 Å². The van der Waals surface area contributed by atoms with Gasteiger partial charge in [-0.2, -0.15) is 0 Å². The van der Waals surface area contributed by atoms with Crippen molar-refractivity contribution in [2.45, 2.75) is 24.9 Å². The highest BCUT2D eigenvalue weighted by atomic mass is 35.5. The van der Waals surface area contributed by atoms with Crippen LogP contribution in [0, 0.1) is 0 Å². The summed E-state index contributed by atoms with van der Waals surface area (Å²) in [6.07, 6.45) is -0.00965. The Balaban J connectivity index is 2.31. The van der Waals surface area contributed by atoms with Crippen molar-refractivity contribution in [3.8, 4) is 0 Å². The van der Waals surface area contributed by atoms with Gasteiger partial charge in [-0.1, -0.05) is 23.7 Å². The molecular weight excluding hydrogens is 256 g/mol. The van der Waals surface area contributed by atoms with E-state index in [2.05, 4.69) is 0 Å². The van der Waals surface area contributed by atoms with Gasteiger partial charge in [0.2, 0.25) is 0 Å². The van der Waals surface area contributed by atoms with E-state index < -0.39 is 23.5 Å². The predicted octanol–water partition coefficient (Wildman–Crippen LogP) is 2.09. The van der Waals surface area contributed by atoms with E-state index in [1.165, 1.54) is 14.0 Å². The molecule has 1 fully saturated rings. The molecule has 4 nitrogen and oxygen atoms in total. The smallest absolute Gasteiger partial charge is 0.320 e. The first-order chi connectivity index (χ1) is 8.50. The maximum Gasteiger partial charge on any atom is 0.320 e. The van der Waals surface area contributed by atoms with Crippen LogP contribution in [0.1, 0.15) is 18.9 Å². The number of ether oxygens (including phenoxy) is 2. The zero-order valence-corrected chi connectivity index (χ0v) is 10.9. The lowest BCUT2D eigenvalue weighted by Gasteiger charge is -2.15. The van der Waals surface area contributed by atoms with Gasteiger partial charge in [0, 0.05) is 18.4 Å². The van der Waals surface area contributed by atoms with E-state index in [1.54, 1.807) is 24.3 Å². The molecule has 0 unspecified atom stereocenters. The summed E-state index contributed by atoms with van der Waals surface area (Å²) in [6.45, 7) is 1.32. The Labute approximate surface area is 110 Å². The molecule has 1 saturated carbocycles. The fraction of sp³-hybridized carbons (Fsp3) is 0.385. The minimum absolute atomic E-state index is 0.393. The Morgan fingerprint density at radius 1 is 1.33 bits per heavy atom. The van der Waals surface area contributed by atoms with E-state index in [0.29, 0.717) is 11.4 Å². The molecule has 1 aromatic rings. The SMILES string of the molecule is COC(=O)[C@@]1(c2ccc(Cl)cc2)C[C@@H]1OC(C)=O. The number of methoxy groups -OCH3 is 1. The van der Waals surface area contributed by atoms with Gasteiger partial charge in [-0.3, -0.25) is 9.59 Å². The van der Waals surface area contributed by atoms with E-state index in [-0.39, 0.29) is 0 Å². The summed E-state index contributed by atoms with van der Waals surface area (Å²) in [5.41, 5.74) is -0.115. The second-order valence-corrected chi connectivity index (χ2v) is 4.71.